The molecule has 0 aromatic heterocycles. The van der Waals surface area contributed by atoms with Gasteiger partial charge < -0.3 is 14.2 Å². The van der Waals surface area contributed by atoms with Gasteiger partial charge in [0.1, 0.15) is 12.2 Å². The molecule has 0 amide bonds. The maximum Gasteiger partial charge on any atom is 0.419 e. The fourth-order valence-electron chi connectivity index (χ4n) is 1.63. The summed E-state index contributed by atoms with van der Waals surface area (Å²) in [4.78, 5) is 24.1. The molecule has 2 N–H and O–H groups in total. The minimum absolute atomic E-state index is 0.113. The molecular weight excluding hydrogens is 324 g/mol. The van der Waals surface area contributed by atoms with Gasteiger partial charge in [-0.2, -0.15) is 8.78 Å². The number of halogens is 2. The van der Waals surface area contributed by atoms with Crippen LogP contribution in [0.4, 0.5) is 8.78 Å². The first-order chi connectivity index (χ1) is 11.0. The zero-order valence-corrected chi connectivity index (χ0v) is 13.8. The third-order valence-electron chi connectivity index (χ3n) is 2.64. The van der Waals surface area contributed by atoms with Crippen LogP contribution in [0.1, 0.15) is 26.3 Å². The minimum Gasteiger partial charge on any atom is -0.460 e. The van der Waals surface area contributed by atoms with Gasteiger partial charge in [-0.05, 0) is 26.3 Å². The summed E-state index contributed by atoms with van der Waals surface area (Å²) in [5.41, 5.74) is 4.19. The molecule has 134 valence electrons. The number of nitrogens with two attached hydrogens (primary N) is 1. The summed E-state index contributed by atoms with van der Waals surface area (Å²) in [5.74, 6) is -3.72. The van der Waals surface area contributed by atoms with Crippen LogP contribution in [0.25, 0.3) is 0 Å². The van der Waals surface area contributed by atoms with E-state index >= 15 is 0 Å². The Hall–Kier alpha value is -2.06. The van der Waals surface area contributed by atoms with Gasteiger partial charge in [-0.15, -0.1) is 0 Å². The van der Waals surface area contributed by atoms with Crippen molar-refractivity contribution in [3.63, 3.8) is 0 Å². The fraction of sp³-hybridized carbons (Fsp3) is 0.500. The Bertz CT molecular complexity index is 552. The molecule has 6 nitrogen and oxygen atoms in total. The van der Waals surface area contributed by atoms with Gasteiger partial charge >= 0.3 is 18.2 Å². The van der Waals surface area contributed by atoms with Crippen molar-refractivity contribution in [3.05, 3.63) is 35.9 Å². The maximum atomic E-state index is 12.6. The standard InChI is InChI=1S/C16H21F2NO5/c1-15(2,3)24-14(21)12(10-23-16(17,18)19)13(20)22-9-11-7-5-4-6-8-11/h4-8,12H,9-10,19H2,1-3H3. The van der Waals surface area contributed by atoms with Crippen molar-refractivity contribution in [2.24, 2.45) is 11.7 Å². The second-order valence-electron chi connectivity index (χ2n) is 6.05. The number of alkyl halides is 2. The number of carbonyl (C=O) groups is 2. The van der Waals surface area contributed by atoms with Gasteiger partial charge in [0.05, 0.1) is 6.61 Å². The normalized spacial score (nSPS) is 13.2. The number of hydrogen-bond donors (Lipinski definition) is 1. The van der Waals surface area contributed by atoms with E-state index in [1.807, 2.05) is 0 Å². The van der Waals surface area contributed by atoms with Crippen LogP contribution in [-0.2, 0) is 30.4 Å². The first-order valence-electron chi connectivity index (χ1n) is 7.22. The Morgan fingerprint density at radius 2 is 1.71 bits per heavy atom. The smallest absolute Gasteiger partial charge is 0.419 e. The molecule has 1 unspecified atom stereocenters. The van der Waals surface area contributed by atoms with Crippen LogP contribution in [0.15, 0.2) is 30.3 Å². The highest BCUT2D eigenvalue weighted by molar-refractivity contribution is 5.95. The topological polar surface area (TPSA) is 87.9 Å². The molecule has 0 spiro atoms. The Balaban J connectivity index is 2.74. The lowest BCUT2D eigenvalue weighted by atomic mass is 10.1. The molecule has 0 fully saturated rings. The van der Waals surface area contributed by atoms with E-state index in [0.29, 0.717) is 5.56 Å². The van der Waals surface area contributed by atoms with Gasteiger partial charge in [0.15, 0.2) is 5.92 Å². The number of hydrogen-bond acceptors (Lipinski definition) is 6. The quantitative estimate of drug-likeness (QED) is 0.353. The van der Waals surface area contributed by atoms with Crippen molar-refractivity contribution >= 4 is 11.9 Å². The summed E-state index contributed by atoms with van der Waals surface area (Å²) in [7, 11) is 0. The van der Waals surface area contributed by atoms with E-state index in [1.165, 1.54) is 0 Å². The molecule has 1 rings (SSSR count). The van der Waals surface area contributed by atoms with Crippen molar-refractivity contribution in [3.8, 4) is 0 Å². The molecule has 0 heterocycles. The van der Waals surface area contributed by atoms with Crippen molar-refractivity contribution in [1.82, 2.24) is 0 Å². The van der Waals surface area contributed by atoms with Crippen LogP contribution < -0.4 is 5.73 Å². The fourth-order valence-corrected chi connectivity index (χ4v) is 1.63. The number of benzene rings is 1. The van der Waals surface area contributed by atoms with Crippen LogP contribution >= 0.6 is 0 Å². The summed E-state index contributed by atoms with van der Waals surface area (Å²) < 4.78 is 39.4. The second-order valence-corrected chi connectivity index (χ2v) is 6.05. The average molecular weight is 345 g/mol. The molecule has 0 aliphatic heterocycles. The predicted octanol–water partition coefficient (Wildman–Crippen LogP) is 2.21. The van der Waals surface area contributed by atoms with Gasteiger partial charge in [-0.25, -0.2) is 5.73 Å². The molecule has 0 aliphatic carbocycles. The van der Waals surface area contributed by atoms with E-state index in [4.69, 9.17) is 9.47 Å². The Labute approximate surface area is 138 Å². The van der Waals surface area contributed by atoms with E-state index in [0.717, 1.165) is 0 Å². The third-order valence-corrected chi connectivity index (χ3v) is 2.64. The highest BCUT2D eigenvalue weighted by Gasteiger charge is 2.36. The van der Waals surface area contributed by atoms with Gasteiger partial charge in [-0.3, -0.25) is 9.59 Å². The SMILES string of the molecule is CC(C)(C)OC(=O)C(COC(N)(F)F)C(=O)OCc1ccccc1. The molecule has 0 saturated heterocycles. The van der Waals surface area contributed by atoms with Crippen molar-refractivity contribution in [1.29, 1.82) is 0 Å². The molecule has 1 aromatic carbocycles. The lowest BCUT2D eigenvalue weighted by Gasteiger charge is -2.23. The number of carbonyl (C=O) groups excluding carboxylic acids is 2. The van der Waals surface area contributed by atoms with Crippen molar-refractivity contribution < 1.29 is 32.6 Å². The highest BCUT2D eigenvalue weighted by atomic mass is 19.3. The summed E-state index contributed by atoms with van der Waals surface area (Å²) in [6.45, 7) is 3.67. The number of esters is 2. The summed E-state index contributed by atoms with van der Waals surface area (Å²) in [6, 6.07) is 8.69. The predicted molar refractivity (Wildman–Crippen MR) is 80.7 cm³/mol. The van der Waals surface area contributed by atoms with E-state index < -0.39 is 36.3 Å². The molecule has 0 bridgehead atoms. The molecule has 1 atom stereocenters. The Morgan fingerprint density at radius 1 is 1.12 bits per heavy atom. The Kier molecular flexibility index (Phi) is 6.80. The van der Waals surface area contributed by atoms with Crippen LogP contribution in [0.5, 0.6) is 0 Å². The van der Waals surface area contributed by atoms with E-state index in [1.54, 1.807) is 51.1 Å². The van der Waals surface area contributed by atoms with E-state index in [9.17, 15) is 18.4 Å². The van der Waals surface area contributed by atoms with Gasteiger partial charge in [0.25, 0.3) is 0 Å². The summed E-state index contributed by atoms with van der Waals surface area (Å²) in [6.07, 6.45) is -3.97. The largest absolute Gasteiger partial charge is 0.460 e. The zero-order chi connectivity index (χ0) is 18.4. The molecular formula is C16H21F2NO5. The molecule has 1 aromatic rings. The van der Waals surface area contributed by atoms with Crippen LogP contribution in [-0.4, -0.2) is 30.4 Å². The Morgan fingerprint density at radius 3 is 2.21 bits per heavy atom. The number of rotatable bonds is 7. The molecule has 0 aliphatic rings. The monoisotopic (exact) mass is 345 g/mol. The zero-order valence-electron chi connectivity index (χ0n) is 13.8. The van der Waals surface area contributed by atoms with Crippen LogP contribution in [0.3, 0.4) is 0 Å². The highest BCUT2D eigenvalue weighted by Crippen LogP contribution is 2.16. The minimum atomic E-state index is -3.97. The van der Waals surface area contributed by atoms with Crippen LogP contribution in [0, 0.1) is 5.92 Å². The molecule has 24 heavy (non-hydrogen) atoms. The molecule has 0 radical (unpaired) electrons. The van der Waals surface area contributed by atoms with E-state index in [2.05, 4.69) is 10.5 Å². The first kappa shape index (κ1) is 20.0. The van der Waals surface area contributed by atoms with Gasteiger partial charge in [0, 0.05) is 0 Å². The summed E-state index contributed by atoms with van der Waals surface area (Å²) in [5, 5.41) is 0. The van der Waals surface area contributed by atoms with Crippen molar-refractivity contribution in [2.45, 2.75) is 39.2 Å². The van der Waals surface area contributed by atoms with Crippen molar-refractivity contribution in [2.75, 3.05) is 6.61 Å². The van der Waals surface area contributed by atoms with Gasteiger partial charge in [0.2, 0.25) is 0 Å². The first-order valence-corrected chi connectivity index (χ1v) is 7.22. The second kappa shape index (κ2) is 8.16. The summed E-state index contributed by atoms with van der Waals surface area (Å²) >= 11 is 0. The maximum absolute atomic E-state index is 12.6. The average Bonchev–Trinajstić information content (AvgIpc) is 2.43. The van der Waals surface area contributed by atoms with Gasteiger partial charge in [-0.1, -0.05) is 30.3 Å². The molecule has 0 saturated carbocycles. The molecule has 8 heteroatoms. The number of ether oxygens (including phenoxy) is 3. The van der Waals surface area contributed by atoms with Crippen LogP contribution in [0.2, 0.25) is 0 Å². The lowest BCUT2D eigenvalue weighted by Crippen LogP contribution is -2.40. The van der Waals surface area contributed by atoms with E-state index in [-0.39, 0.29) is 6.61 Å². The third kappa shape index (κ3) is 7.98. The lowest BCUT2D eigenvalue weighted by molar-refractivity contribution is -0.241.